The molecule has 0 N–H and O–H groups in total. The van der Waals surface area contributed by atoms with Gasteiger partial charge in [-0.2, -0.15) is 10.1 Å². The van der Waals surface area contributed by atoms with Crippen molar-refractivity contribution in [1.82, 2.24) is 5.06 Å². The summed E-state index contributed by atoms with van der Waals surface area (Å²) in [5.41, 5.74) is -0.798. The van der Waals surface area contributed by atoms with Crippen molar-refractivity contribution in [3.05, 3.63) is 0 Å². The van der Waals surface area contributed by atoms with Crippen LogP contribution in [0.1, 0.15) is 6.92 Å². The highest BCUT2D eigenvalue weighted by molar-refractivity contribution is 6.66. The summed E-state index contributed by atoms with van der Waals surface area (Å²) in [5, 5.41) is 1.33. The normalized spacial score (nSPS) is 36.6. The van der Waals surface area contributed by atoms with Crippen LogP contribution >= 0.6 is 23.2 Å². The van der Waals surface area contributed by atoms with Gasteiger partial charge in [-0.3, -0.25) is 4.84 Å². The van der Waals surface area contributed by atoms with Gasteiger partial charge in [0.2, 0.25) is 10.9 Å². The lowest BCUT2D eigenvalue weighted by Gasteiger charge is -2.30. The Bertz CT molecular complexity index is 392. The molecule has 2 aliphatic rings. The summed E-state index contributed by atoms with van der Waals surface area (Å²) in [7, 11) is 2.93. The van der Waals surface area contributed by atoms with E-state index in [9.17, 15) is 0 Å². The van der Waals surface area contributed by atoms with Crippen molar-refractivity contribution in [2.75, 3.05) is 20.8 Å². The molecule has 3 unspecified atom stereocenters. The van der Waals surface area contributed by atoms with Crippen LogP contribution in [0.4, 0.5) is 0 Å². The fourth-order valence-electron chi connectivity index (χ4n) is 1.60. The summed E-state index contributed by atoms with van der Waals surface area (Å²) in [6, 6.07) is 0. The van der Waals surface area contributed by atoms with Gasteiger partial charge in [0.15, 0.2) is 5.84 Å². The monoisotopic (exact) mass is 297 g/mol. The van der Waals surface area contributed by atoms with Crippen molar-refractivity contribution in [2.24, 2.45) is 9.98 Å². The lowest BCUT2D eigenvalue weighted by atomic mass is 10.3. The van der Waals surface area contributed by atoms with Crippen molar-refractivity contribution in [2.45, 2.75) is 24.6 Å². The van der Waals surface area contributed by atoms with Crippen molar-refractivity contribution in [1.29, 1.82) is 0 Å². The predicted octanol–water partition coefficient (Wildman–Crippen LogP) is 1.11. The first-order valence-electron chi connectivity index (χ1n) is 5.15. The molecule has 18 heavy (non-hydrogen) atoms. The van der Waals surface area contributed by atoms with Crippen molar-refractivity contribution >= 4 is 34.3 Å². The van der Waals surface area contributed by atoms with E-state index in [4.69, 9.17) is 42.3 Å². The molecular formula is C9H13Cl2N3O4. The third-order valence-electron chi connectivity index (χ3n) is 2.55. The number of aliphatic imine (C=N–C) groups is 2. The number of alkyl halides is 1. The van der Waals surface area contributed by atoms with E-state index in [-0.39, 0.29) is 11.9 Å². The Kier molecular flexibility index (Phi) is 4.10. The summed E-state index contributed by atoms with van der Waals surface area (Å²) in [6.45, 7) is 1.90. The summed E-state index contributed by atoms with van der Waals surface area (Å²) < 4.78 is 16.1. The molecule has 0 radical (unpaired) electrons. The fraction of sp³-hybridized carbons (Fsp3) is 0.778. The zero-order valence-corrected chi connectivity index (χ0v) is 11.6. The quantitative estimate of drug-likeness (QED) is 0.577. The van der Waals surface area contributed by atoms with E-state index in [0.717, 1.165) is 0 Å². The van der Waals surface area contributed by atoms with E-state index >= 15 is 0 Å². The zero-order chi connectivity index (χ0) is 13.3. The molecule has 7 nitrogen and oxygen atoms in total. The molecule has 0 aromatic heterocycles. The third-order valence-corrected chi connectivity index (χ3v) is 3.00. The van der Waals surface area contributed by atoms with E-state index < -0.39 is 17.7 Å². The van der Waals surface area contributed by atoms with Crippen molar-refractivity contribution in [3.8, 4) is 0 Å². The van der Waals surface area contributed by atoms with Crippen LogP contribution in [0.25, 0.3) is 0 Å². The summed E-state index contributed by atoms with van der Waals surface area (Å²) >= 11 is 11.8. The Labute approximate surface area is 114 Å². The maximum atomic E-state index is 5.98. The number of hydrogen-bond acceptors (Lipinski definition) is 7. The van der Waals surface area contributed by atoms with Crippen LogP contribution in [0, 0.1) is 0 Å². The first kappa shape index (κ1) is 14.0. The predicted molar refractivity (Wildman–Crippen MR) is 65.5 cm³/mol. The van der Waals surface area contributed by atoms with Crippen LogP contribution in [0.15, 0.2) is 9.98 Å². The molecule has 0 saturated carbocycles. The SMILES string of the molecule is CON1C(C2COC(C)(OC)O2)=NC(Cl)=NC1Cl. The number of hydroxylamine groups is 2. The van der Waals surface area contributed by atoms with Gasteiger partial charge in [0.25, 0.3) is 5.97 Å². The molecular weight excluding hydrogens is 285 g/mol. The van der Waals surface area contributed by atoms with Gasteiger partial charge in [-0.15, -0.1) is 0 Å². The molecule has 2 heterocycles. The number of amidine groups is 2. The summed E-state index contributed by atoms with van der Waals surface area (Å²) in [6.07, 6.45) is -0.500. The van der Waals surface area contributed by atoms with Gasteiger partial charge in [-0.1, -0.05) is 11.6 Å². The number of ether oxygens (including phenoxy) is 3. The minimum absolute atomic E-state index is 0.0351. The standard InChI is InChI=1S/C9H13Cl2N3O4/c1-9(15-2)17-4-5(18-9)6-12-7(10)13-8(11)14(6)16-3/h5,8H,4H2,1-3H3. The average molecular weight is 298 g/mol. The molecule has 0 aromatic rings. The first-order chi connectivity index (χ1) is 8.49. The molecule has 0 bridgehead atoms. The molecule has 0 aliphatic carbocycles. The molecule has 9 heteroatoms. The van der Waals surface area contributed by atoms with E-state index in [1.54, 1.807) is 6.92 Å². The van der Waals surface area contributed by atoms with Crippen LogP contribution in [0.5, 0.6) is 0 Å². The van der Waals surface area contributed by atoms with Gasteiger partial charge in [0.1, 0.15) is 6.10 Å². The van der Waals surface area contributed by atoms with Crippen LogP contribution in [-0.2, 0) is 19.0 Å². The Morgan fingerprint density at radius 2 is 2.22 bits per heavy atom. The Morgan fingerprint density at radius 3 is 2.78 bits per heavy atom. The molecule has 1 fully saturated rings. The Balaban J connectivity index is 2.19. The topological polar surface area (TPSA) is 64.9 Å². The average Bonchev–Trinajstić information content (AvgIpc) is 2.72. The van der Waals surface area contributed by atoms with Crippen LogP contribution in [0.2, 0.25) is 0 Å². The Hall–Kier alpha value is -0.440. The smallest absolute Gasteiger partial charge is 0.280 e. The molecule has 102 valence electrons. The summed E-state index contributed by atoms with van der Waals surface area (Å²) in [4.78, 5) is 13.0. The van der Waals surface area contributed by atoms with Crippen LogP contribution in [-0.4, -0.2) is 54.7 Å². The highest BCUT2D eigenvalue weighted by Crippen LogP contribution is 2.28. The number of hydrogen-bond donors (Lipinski definition) is 0. The second-order valence-corrected chi connectivity index (χ2v) is 4.40. The maximum absolute atomic E-state index is 5.98. The first-order valence-corrected chi connectivity index (χ1v) is 5.97. The largest absolute Gasteiger partial charge is 0.331 e. The zero-order valence-electron chi connectivity index (χ0n) is 10.1. The molecule has 1 saturated heterocycles. The van der Waals surface area contributed by atoms with Crippen molar-refractivity contribution < 1.29 is 19.0 Å². The van der Waals surface area contributed by atoms with E-state index in [1.165, 1.54) is 19.3 Å². The second-order valence-electron chi connectivity index (χ2n) is 3.67. The minimum Gasteiger partial charge on any atom is -0.331 e. The van der Waals surface area contributed by atoms with Gasteiger partial charge in [-0.05, 0) is 11.6 Å². The van der Waals surface area contributed by atoms with E-state index in [2.05, 4.69) is 9.98 Å². The highest BCUT2D eigenvalue weighted by Gasteiger charge is 2.43. The molecule has 0 amide bonds. The van der Waals surface area contributed by atoms with Gasteiger partial charge >= 0.3 is 0 Å². The Morgan fingerprint density at radius 1 is 1.50 bits per heavy atom. The van der Waals surface area contributed by atoms with Crippen LogP contribution < -0.4 is 0 Å². The van der Waals surface area contributed by atoms with E-state index in [1.807, 2.05) is 0 Å². The summed E-state index contributed by atoms with van der Waals surface area (Å²) in [5.74, 6) is -0.728. The molecule has 0 spiro atoms. The third kappa shape index (κ3) is 2.61. The second kappa shape index (κ2) is 5.28. The van der Waals surface area contributed by atoms with Gasteiger partial charge < -0.3 is 14.2 Å². The van der Waals surface area contributed by atoms with Gasteiger partial charge in [0, 0.05) is 14.0 Å². The molecule has 2 aliphatic heterocycles. The number of rotatable bonds is 3. The van der Waals surface area contributed by atoms with Crippen LogP contribution in [0.3, 0.4) is 0 Å². The molecule has 2 rings (SSSR count). The van der Waals surface area contributed by atoms with E-state index in [0.29, 0.717) is 5.84 Å². The molecule has 3 atom stereocenters. The highest BCUT2D eigenvalue weighted by atomic mass is 35.5. The van der Waals surface area contributed by atoms with Gasteiger partial charge in [0.05, 0.1) is 13.7 Å². The number of halogens is 2. The minimum atomic E-state index is -1.12. The van der Waals surface area contributed by atoms with Crippen molar-refractivity contribution in [3.63, 3.8) is 0 Å². The number of methoxy groups -OCH3 is 1. The maximum Gasteiger partial charge on any atom is 0.280 e. The lowest BCUT2D eigenvalue weighted by Crippen LogP contribution is -2.46. The fourth-order valence-corrected chi connectivity index (χ4v) is 2.11. The lowest BCUT2D eigenvalue weighted by molar-refractivity contribution is -0.310. The molecule has 0 aromatic carbocycles. The van der Waals surface area contributed by atoms with Gasteiger partial charge in [-0.25, -0.2) is 4.99 Å². The number of nitrogens with zero attached hydrogens (tertiary/aromatic N) is 3.